The zero-order chi connectivity index (χ0) is 18.6. The van der Waals surface area contributed by atoms with Crippen molar-refractivity contribution in [3.05, 3.63) is 29.3 Å². The maximum Gasteiger partial charge on any atom is 0.214 e. The number of hydrogen-bond donors (Lipinski definition) is 0. The van der Waals surface area contributed by atoms with E-state index in [-0.39, 0.29) is 5.41 Å². The Hall–Kier alpha value is -1.69. The van der Waals surface area contributed by atoms with Gasteiger partial charge in [-0.2, -0.15) is 4.68 Å². The molecule has 0 radical (unpaired) electrons. The Morgan fingerprint density at radius 1 is 1.15 bits per heavy atom. The average Bonchev–Trinajstić information content (AvgIpc) is 3.09. The maximum absolute atomic E-state index is 13.3. The fraction of sp³-hybridized carbons (Fsp3) is 0.619. The molecule has 0 saturated heterocycles. The van der Waals surface area contributed by atoms with Crippen molar-refractivity contribution < 1.29 is 4.79 Å². The summed E-state index contributed by atoms with van der Waals surface area (Å²) in [5.74, 6) is 3.31. The van der Waals surface area contributed by atoms with E-state index in [4.69, 9.17) is 0 Å². The molecule has 6 heteroatoms. The number of thioether (sulfide) groups is 1. The van der Waals surface area contributed by atoms with E-state index in [0.717, 1.165) is 42.7 Å². The van der Waals surface area contributed by atoms with E-state index in [1.54, 1.807) is 4.68 Å². The first-order valence-electron chi connectivity index (χ1n) is 10.1. The van der Waals surface area contributed by atoms with E-state index in [9.17, 15) is 4.79 Å². The molecule has 0 spiro atoms. The normalized spacial score (nSPS) is 31.4. The number of nitrogens with zero attached hydrogens (tertiary/aromatic N) is 4. The van der Waals surface area contributed by atoms with Gasteiger partial charge in [0.2, 0.25) is 5.16 Å². The molecule has 0 atom stereocenters. The molecule has 2 aromatic rings. The second-order valence-electron chi connectivity index (χ2n) is 9.00. The van der Waals surface area contributed by atoms with Crippen molar-refractivity contribution >= 4 is 17.5 Å². The Kier molecular flexibility index (Phi) is 4.15. The molecule has 4 aliphatic carbocycles. The maximum atomic E-state index is 13.3. The minimum absolute atomic E-state index is 0.0424. The van der Waals surface area contributed by atoms with E-state index in [0.29, 0.717) is 16.7 Å². The highest BCUT2D eigenvalue weighted by Gasteiger charge is 2.54. The number of benzene rings is 1. The lowest BCUT2D eigenvalue weighted by atomic mass is 9.48. The Labute approximate surface area is 164 Å². The van der Waals surface area contributed by atoms with Gasteiger partial charge >= 0.3 is 0 Å². The lowest BCUT2D eigenvalue weighted by Crippen LogP contribution is -2.50. The molecular formula is C21H26N4OS. The number of ketones is 1. The van der Waals surface area contributed by atoms with Crippen LogP contribution in [0.1, 0.15) is 49.7 Å². The topological polar surface area (TPSA) is 60.7 Å². The lowest BCUT2D eigenvalue weighted by Gasteiger charge is -2.56. The van der Waals surface area contributed by atoms with E-state index < -0.39 is 0 Å². The molecule has 27 heavy (non-hydrogen) atoms. The Bertz CT molecular complexity index is 855. The third-order valence-electron chi connectivity index (χ3n) is 7.21. The fourth-order valence-electron chi connectivity index (χ4n) is 6.12. The van der Waals surface area contributed by atoms with Gasteiger partial charge in [0.1, 0.15) is 5.78 Å². The molecule has 1 aromatic carbocycles. The van der Waals surface area contributed by atoms with Gasteiger partial charge in [-0.15, -0.1) is 5.10 Å². The molecule has 142 valence electrons. The zero-order valence-corrected chi connectivity index (χ0v) is 16.8. The van der Waals surface area contributed by atoms with Crippen LogP contribution in [0.4, 0.5) is 0 Å². The molecule has 0 unspecified atom stereocenters. The van der Waals surface area contributed by atoms with Crippen LogP contribution in [-0.2, 0) is 4.79 Å². The number of carbonyl (C=O) groups is 1. The summed E-state index contributed by atoms with van der Waals surface area (Å²) in [4.78, 5) is 13.3. The summed E-state index contributed by atoms with van der Waals surface area (Å²) in [7, 11) is 0. The van der Waals surface area contributed by atoms with Gasteiger partial charge in [-0.25, -0.2) is 0 Å². The number of carbonyl (C=O) groups excluding carboxylic acids is 1. The highest BCUT2D eigenvalue weighted by molar-refractivity contribution is 7.99. The number of rotatable bonds is 5. The van der Waals surface area contributed by atoms with Gasteiger partial charge in [-0.1, -0.05) is 23.9 Å². The third-order valence-corrected chi connectivity index (χ3v) is 8.13. The first-order valence-corrected chi connectivity index (χ1v) is 11.0. The molecule has 4 aliphatic rings. The van der Waals surface area contributed by atoms with Crippen LogP contribution in [0.2, 0.25) is 0 Å². The Morgan fingerprint density at radius 2 is 1.81 bits per heavy atom. The van der Waals surface area contributed by atoms with Gasteiger partial charge in [-0.05, 0) is 97.7 Å². The van der Waals surface area contributed by atoms with Gasteiger partial charge in [0, 0.05) is 5.41 Å². The summed E-state index contributed by atoms with van der Waals surface area (Å²) >= 11 is 1.50. The standard InChI is InChI=1S/C21H26N4OS/c1-13-4-3-5-18(14(13)2)25-20(22-23-24-25)27-12-19(26)21-9-15-6-16(10-21)8-17(7-15)11-21/h3-5,15-17H,6-12H2,1-2H3. The number of hydrogen-bond acceptors (Lipinski definition) is 5. The van der Waals surface area contributed by atoms with E-state index in [1.807, 2.05) is 12.1 Å². The highest BCUT2D eigenvalue weighted by atomic mass is 32.2. The minimum Gasteiger partial charge on any atom is -0.298 e. The quantitative estimate of drug-likeness (QED) is 0.727. The molecular weight excluding hydrogens is 356 g/mol. The SMILES string of the molecule is Cc1cccc(-n2nnnc2SCC(=O)C23CC4CC(CC(C4)C2)C3)c1C. The second kappa shape index (κ2) is 6.43. The molecule has 5 nitrogen and oxygen atoms in total. The molecule has 4 bridgehead atoms. The largest absolute Gasteiger partial charge is 0.298 e. The summed E-state index contributed by atoms with van der Waals surface area (Å²) in [6, 6.07) is 6.14. The van der Waals surface area contributed by atoms with Crippen molar-refractivity contribution in [1.29, 1.82) is 0 Å². The molecule has 1 aromatic heterocycles. The van der Waals surface area contributed by atoms with Crippen molar-refractivity contribution in [3.63, 3.8) is 0 Å². The van der Waals surface area contributed by atoms with E-state index in [1.165, 1.54) is 42.2 Å². The molecule has 0 aliphatic heterocycles. The van der Waals surface area contributed by atoms with Crippen molar-refractivity contribution in [2.45, 2.75) is 57.5 Å². The minimum atomic E-state index is -0.0424. The summed E-state index contributed by atoms with van der Waals surface area (Å²) in [6.45, 7) is 4.17. The number of Topliss-reactive ketones (excluding diaryl/α,β-unsaturated/α-hetero) is 1. The predicted octanol–water partition coefficient (Wildman–Crippen LogP) is 4.16. The number of aryl methyl sites for hydroxylation is 1. The third kappa shape index (κ3) is 2.93. The highest BCUT2D eigenvalue weighted by Crippen LogP contribution is 2.60. The molecule has 0 N–H and O–H groups in total. The van der Waals surface area contributed by atoms with Crippen LogP contribution < -0.4 is 0 Å². The fourth-order valence-corrected chi connectivity index (χ4v) is 7.04. The summed E-state index contributed by atoms with van der Waals surface area (Å²) in [5.41, 5.74) is 3.33. The van der Waals surface area contributed by atoms with Crippen LogP contribution in [0, 0.1) is 37.0 Å². The summed E-state index contributed by atoms with van der Waals surface area (Å²) in [6.07, 6.45) is 7.47. The molecule has 4 saturated carbocycles. The van der Waals surface area contributed by atoms with Crippen LogP contribution in [-0.4, -0.2) is 31.7 Å². The number of tetrazole rings is 1. The Morgan fingerprint density at radius 3 is 2.48 bits per heavy atom. The first kappa shape index (κ1) is 17.4. The van der Waals surface area contributed by atoms with Gasteiger partial charge < -0.3 is 0 Å². The van der Waals surface area contributed by atoms with Gasteiger partial charge in [0.05, 0.1) is 11.4 Å². The van der Waals surface area contributed by atoms with Crippen LogP contribution in [0.15, 0.2) is 23.4 Å². The Balaban J connectivity index is 1.34. The zero-order valence-electron chi connectivity index (χ0n) is 16.0. The smallest absolute Gasteiger partial charge is 0.214 e. The van der Waals surface area contributed by atoms with Crippen molar-refractivity contribution in [2.24, 2.45) is 23.2 Å². The summed E-state index contributed by atoms with van der Waals surface area (Å²) in [5, 5.41) is 13.0. The molecule has 0 amide bonds. The monoisotopic (exact) mass is 382 g/mol. The molecule has 6 rings (SSSR count). The van der Waals surface area contributed by atoms with Gasteiger partial charge in [0.15, 0.2) is 0 Å². The van der Waals surface area contributed by atoms with Gasteiger partial charge in [0.25, 0.3) is 0 Å². The lowest BCUT2D eigenvalue weighted by molar-refractivity contribution is -0.141. The van der Waals surface area contributed by atoms with Gasteiger partial charge in [-0.3, -0.25) is 4.79 Å². The van der Waals surface area contributed by atoms with Crippen LogP contribution in [0.5, 0.6) is 0 Å². The predicted molar refractivity (Wildman–Crippen MR) is 105 cm³/mol. The average molecular weight is 383 g/mol. The van der Waals surface area contributed by atoms with Crippen LogP contribution in [0.25, 0.3) is 5.69 Å². The van der Waals surface area contributed by atoms with Crippen molar-refractivity contribution in [1.82, 2.24) is 20.2 Å². The second-order valence-corrected chi connectivity index (χ2v) is 9.94. The van der Waals surface area contributed by atoms with E-state index in [2.05, 4.69) is 35.4 Å². The number of aromatic nitrogens is 4. The molecule has 1 heterocycles. The summed E-state index contributed by atoms with van der Waals surface area (Å²) < 4.78 is 1.78. The van der Waals surface area contributed by atoms with Crippen molar-refractivity contribution in [2.75, 3.05) is 5.75 Å². The van der Waals surface area contributed by atoms with Crippen molar-refractivity contribution in [3.8, 4) is 5.69 Å². The molecule has 4 fully saturated rings. The first-order chi connectivity index (χ1) is 13.0. The van der Waals surface area contributed by atoms with E-state index >= 15 is 0 Å². The van der Waals surface area contributed by atoms with Crippen LogP contribution in [0.3, 0.4) is 0 Å². The van der Waals surface area contributed by atoms with Crippen LogP contribution >= 0.6 is 11.8 Å².